The molecule has 0 saturated heterocycles. The van der Waals surface area contributed by atoms with Gasteiger partial charge < -0.3 is 14.0 Å². The number of carbonyl (C=O) groups excluding carboxylic acids is 1. The van der Waals surface area contributed by atoms with Crippen molar-refractivity contribution < 1.29 is 18.8 Å². The molecule has 2 aromatic rings. The molecule has 0 aliphatic heterocycles. The number of hydrogen-bond acceptors (Lipinski definition) is 5. The second-order valence-electron chi connectivity index (χ2n) is 2.32. The van der Waals surface area contributed by atoms with Gasteiger partial charge in [-0.25, -0.2) is 9.78 Å². The molecule has 72 valence electrons. The largest absolute Gasteiger partial charge is 0.539 e. The third-order valence-electron chi connectivity index (χ3n) is 1.36. The quantitative estimate of drug-likeness (QED) is 0.669. The summed E-state index contributed by atoms with van der Waals surface area (Å²) in [5.41, 5.74) is 0. The first-order valence-corrected chi connectivity index (χ1v) is 3.75. The van der Waals surface area contributed by atoms with Crippen LogP contribution in [0, 0.1) is 0 Å². The molecule has 0 radical (unpaired) electrons. The molecule has 0 amide bonds. The molecule has 0 unspecified atom stereocenters. The average Bonchev–Trinajstić information content (AvgIpc) is 2.76. The summed E-state index contributed by atoms with van der Waals surface area (Å²) in [5, 5.41) is 0. The number of rotatable bonds is 2. The zero-order chi connectivity index (χ0) is 9.80. The molecule has 2 aromatic heterocycles. The van der Waals surface area contributed by atoms with Gasteiger partial charge in [0.05, 0.1) is 12.5 Å². The fraction of sp³-hybridized carbons (Fsp3) is 0. The Morgan fingerprint density at radius 1 is 1.57 bits per heavy atom. The van der Waals surface area contributed by atoms with Crippen LogP contribution in [0.2, 0.25) is 0 Å². The standard InChI is InChI=1S/C8H6N2O4/c11-8(13-7-1-4-12-5-7)14-10-3-2-9-6-10/h1-6H. The predicted octanol–water partition coefficient (Wildman–Crippen LogP) is 1.10. The van der Waals surface area contributed by atoms with E-state index in [1.165, 1.54) is 37.3 Å². The molecule has 0 spiro atoms. The molecular weight excluding hydrogens is 188 g/mol. The summed E-state index contributed by atoms with van der Waals surface area (Å²) in [7, 11) is 0. The van der Waals surface area contributed by atoms with Crippen LogP contribution in [0.15, 0.2) is 41.7 Å². The van der Waals surface area contributed by atoms with Gasteiger partial charge in [-0.1, -0.05) is 0 Å². The maximum atomic E-state index is 11.0. The summed E-state index contributed by atoms with van der Waals surface area (Å²) in [6, 6.07) is 1.50. The normalized spacial score (nSPS) is 9.71. The smallest absolute Gasteiger partial charge is 0.469 e. The van der Waals surface area contributed by atoms with E-state index in [1.807, 2.05) is 0 Å². The number of aromatic nitrogens is 2. The molecular formula is C8H6N2O4. The highest BCUT2D eigenvalue weighted by Crippen LogP contribution is 2.09. The van der Waals surface area contributed by atoms with Crippen LogP contribution in [-0.4, -0.2) is 15.9 Å². The van der Waals surface area contributed by atoms with Gasteiger partial charge in [-0.15, -0.1) is 0 Å². The monoisotopic (exact) mass is 194 g/mol. The van der Waals surface area contributed by atoms with Crippen LogP contribution in [0.25, 0.3) is 0 Å². The van der Waals surface area contributed by atoms with Gasteiger partial charge in [-0.05, 0) is 0 Å². The summed E-state index contributed by atoms with van der Waals surface area (Å²) < 4.78 is 10.6. The third-order valence-corrected chi connectivity index (χ3v) is 1.36. The van der Waals surface area contributed by atoms with Crippen LogP contribution in [0.1, 0.15) is 0 Å². The average molecular weight is 194 g/mol. The van der Waals surface area contributed by atoms with Gasteiger partial charge in [0.15, 0.2) is 5.75 Å². The lowest BCUT2D eigenvalue weighted by atomic mass is 10.6. The van der Waals surface area contributed by atoms with Crippen molar-refractivity contribution in [1.29, 1.82) is 0 Å². The van der Waals surface area contributed by atoms with Crippen LogP contribution < -0.4 is 9.57 Å². The fourth-order valence-corrected chi connectivity index (χ4v) is 0.812. The highest BCUT2D eigenvalue weighted by Gasteiger charge is 2.07. The van der Waals surface area contributed by atoms with Gasteiger partial charge >= 0.3 is 6.16 Å². The fourth-order valence-electron chi connectivity index (χ4n) is 0.812. The summed E-state index contributed by atoms with van der Waals surface area (Å²) in [6.07, 6.45) is 6.09. The highest BCUT2D eigenvalue weighted by atomic mass is 16.8. The molecule has 0 aliphatic carbocycles. The number of ether oxygens (including phenoxy) is 1. The Morgan fingerprint density at radius 2 is 2.50 bits per heavy atom. The molecule has 0 saturated carbocycles. The van der Waals surface area contributed by atoms with Gasteiger partial charge in [-0.3, -0.25) is 0 Å². The molecule has 14 heavy (non-hydrogen) atoms. The molecule has 6 heteroatoms. The lowest BCUT2D eigenvalue weighted by molar-refractivity contribution is 0.0883. The van der Waals surface area contributed by atoms with Crippen molar-refractivity contribution in [2.24, 2.45) is 0 Å². The first-order valence-electron chi connectivity index (χ1n) is 3.75. The van der Waals surface area contributed by atoms with Crippen LogP contribution in [0.4, 0.5) is 4.79 Å². The zero-order valence-electron chi connectivity index (χ0n) is 6.99. The first-order chi connectivity index (χ1) is 6.84. The Morgan fingerprint density at radius 3 is 3.14 bits per heavy atom. The molecule has 6 nitrogen and oxygen atoms in total. The third kappa shape index (κ3) is 1.92. The topological polar surface area (TPSA) is 66.5 Å². The second kappa shape index (κ2) is 3.65. The van der Waals surface area contributed by atoms with Crippen molar-refractivity contribution in [2.45, 2.75) is 0 Å². The first kappa shape index (κ1) is 8.36. The van der Waals surface area contributed by atoms with E-state index < -0.39 is 6.16 Å². The van der Waals surface area contributed by atoms with Crippen LogP contribution in [0.3, 0.4) is 0 Å². The van der Waals surface area contributed by atoms with Gasteiger partial charge in [0.25, 0.3) is 0 Å². The van der Waals surface area contributed by atoms with Gasteiger partial charge in [0.2, 0.25) is 0 Å². The number of imidazole rings is 1. The number of nitrogens with zero attached hydrogens (tertiary/aromatic N) is 2. The van der Waals surface area contributed by atoms with Crippen LogP contribution in [0.5, 0.6) is 5.75 Å². The predicted molar refractivity (Wildman–Crippen MR) is 43.5 cm³/mol. The molecule has 0 atom stereocenters. The van der Waals surface area contributed by atoms with E-state index in [0.717, 1.165) is 4.73 Å². The molecule has 2 heterocycles. The SMILES string of the molecule is O=C(Oc1ccoc1)On1ccnc1. The Hall–Kier alpha value is -2.24. The van der Waals surface area contributed by atoms with E-state index in [1.54, 1.807) is 0 Å². The lowest BCUT2D eigenvalue weighted by Gasteiger charge is -2.01. The van der Waals surface area contributed by atoms with Crippen LogP contribution >= 0.6 is 0 Å². The Kier molecular flexibility index (Phi) is 2.18. The maximum absolute atomic E-state index is 11.0. The lowest BCUT2D eigenvalue weighted by Crippen LogP contribution is -2.21. The Bertz CT molecular complexity index is 355. The van der Waals surface area contributed by atoms with Crippen molar-refractivity contribution in [2.75, 3.05) is 0 Å². The minimum Gasteiger partial charge on any atom is -0.469 e. The summed E-state index contributed by atoms with van der Waals surface area (Å²) in [5.74, 6) is 0.287. The molecule has 0 aliphatic rings. The molecule has 2 rings (SSSR count). The van der Waals surface area contributed by atoms with Crippen molar-refractivity contribution in [1.82, 2.24) is 9.71 Å². The number of carbonyl (C=O) groups is 1. The molecule has 0 N–H and O–H groups in total. The van der Waals surface area contributed by atoms with E-state index in [2.05, 4.69) is 9.82 Å². The van der Waals surface area contributed by atoms with Crippen molar-refractivity contribution in [3.63, 3.8) is 0 Å². The minimum absolute atomic E-state index is 0.287. The highest BCUT2D eigenvalue weighted by molar-refractivity contribution is 5.63. The van der Waals surface area contributed by atoms with Crippen molar-refractivity contribution in [3.8, 4) is 5.75 Å². The molecule has 0 aromatic carbocycles. The van der Waals surface area contributed by atoms with E-state index in [0.29, 0.717) is 0 Å². The van der Waals surface area contributed by atoms with E-state index in [4.69, 9.17) is 9.15 Å². The van der Waals surface area contributed by atoms with Crippen LogP contribution in [-0.2, 0) is 0 Å². The number of furan rings is 1. The van der Waals surface area contributed by atoms with E-state index in [-0.39, 0.29) is 5.75 Å². The van der Waals surface area contributed by atoms with Gasteiger partial charge in [0, 0.05) is 12.3 Å². The molecule has 0 bridgehead atoms. The Labute approximate surface area is 78.6 Å². The summed E-state index contributed by atoms with van der Waals surface area (Å²) >= 11 is 0. The zero-order valence-corrected chi connectivity index (χ0v) is 6.99. The minimum atomic E-state index is -0.857. The summed E-state index contributed by atoms with van der Waals surface area (Å²) in [4.78, 5) is 19.4. The number of hydrogen-bond donors (Lipinski definition) is 0. The maximum Gasteiger partial charge on any atom is 0.539 e. The van der Waals surface area contributed by atoms with E-state index in [9.17, 15) is 4.79 Å². The van der Waals surface area contributed by atoms with Crippen molar-refractivity contribution in [3.05, 3.63) is 37.3 Å². The van der Waals surface area contributed by atoms with Crippen molar-refractivity contribution >= 4 is 6.16 Å². The van der Waals surface area contributed by atoms with E-state index >= 15 is 0 Å². The van der Waals surface area contributed by atoms with Gasteiger partial charge in [0.1, 0.15) is 12.6 Å². The van der Waals surface area contributed by atoms with Gasteiger partial charge in [-0.2, -0.15) is 4.73 Å². The summed E-state index contributed by atoms with van der Waals surface area (Å²) in [6.45, 7) is 0. The Balaban J connectivity index is 1.91. The second-order valence-corrected chi connectivity index (χ2v) is 2.32. The molecule has 0 fully saturated rings.